The van der Waals surface area contributed by atoms with Crippen LogP contribution in [0.25, 0.3) is 22.0 Å². The van der Waals surface area contributed by atoms with Crippen LogP contribution in [0.2, 0.25) is 0 Å². The molecule has 45 heavy (non-hydrogen) atoms. The molecule has 1 aliphatic carbocycles. The highest BCUT2D eigenvalue weighted by atomic mass is 19.1. The summed E-state index contributed by atoms with van der Waals surface area (Å²) in [7, 11) is 1.69. The third-order valence-electron chi connectivity index (χ3n) is 9.33. The second kappa shape index (κ2) is 12.2. The molecular weight excluding hydrogens is 585 g/mol. The topological polar surface area (TPSA) is 97.6 Å². The van der Waals surface area contributed by atoms with Gasteiger partial charge in [0, 0.05) is 18.9 Å². The van der Waals surface area contributed by atoms with Gasteiger partial charge in [-0.05, 0) is 89.8 Å². The molecule has 0 spiro atoms. The first-order valence-corrected chi connectivity index (χ1v) is 15.1. The Morgan fingerprint density at radius 1 is 1.04 bits per heavy atom. The minimum atomic E-state index is -1.50. The summed E-state index contributed by atoms with van der Waals surface area (Å²) in [5, 5.41) is 12.8. The molecule has 4 aromatic rings. The minimum absolute atomic E-state index is 0.146. The van der Waals surface area contributed by atoms with Gasteiger partial charge in [-0.3, -0.25) is 9.59 Å². The van der Waals surface area contributed by atoms with Gasteiger partial charge in [0.15, 0.2) is 0 Å². The van der Waals surface area contributed by atoms with Crippen molar-refractivity contribution in [3.63, 3.8) is 0 Å². The van der Waals surface area contributed by atoms with Crippen LogP contribution in [0, 0.1) is 24.4 Å². The zero-order valence-corrected chi connectivity index (χ0v) is 25.0. The molecule has 6 rings (SSSR count). The molecule has 7 nitrogen and oxygen atoms in total. The Kier molecular flexibility index (Phi) is 8.26. The Morgan fingerprint density at radius 3 is 2.44 bits per heavy atom. The van der Waals surface area contributed by atoms with Gasteiger partial charge in [-0.15, -0.1) is 0 Å². The number of aliphatic carboxylic acids is 1. The van der Waals surface area contributed by atoms with Crippen LogP contribution in [0.4, 0.5) is 13.2 Å². The fourth-order valence-corrected chi connectivity index (χ4v) is 6.94. The van der Waals surface area contributed by atoms with Crippen LogP contribution in [-0.4, -0.2) is 34.2 Å². The van der Waals surface area contributed by atoms with E-state index < -0.39 is 35.1 Å². The Bertz CT molecular complexity index is 1890. The number of nitrogens with one attached hydrogen (secondary N) is 1. The van der Waals surface area contributed by atoms with E-state index in [4.69, 9.17) is 4.74 Å². The van der Waals surface area contributed by atoms with Crippen LogP contribution in [0.5, 0.6) is 0 Å². The van der Waals surface area contributed by atoms with E-state index >= 15 is 4.39 Å². The second-order valence-electron chi connectivity index (χ2n) is 11.9. The van der Waals surface area contributed by atoms with E-state index in [0.29, 0.717) is 57.3 Å². The van der Waals surface area contributed by atoms with Crippen molar-refractivity contribution in [1.82, 2.24) is 9.88 Å². The number of carboxylic acids is 1. The van der Waals surface area contributed by atoms with Gasteiger partial charge in [0.1, 0.15) is 29.1 Å². The van der Waals surface area contributed by atoms with Crippen molar-refractivity contribution in [1.29, 1.82) is 0 Å². The maximum Gasteiger partial charge on any atom is 0.326 e. The van der Waals surface area contributed by atoms with E-state index in [-0.39, 0.29) is 30.3 Å². The zero-order chi connectivity index (χ0) is 32.0. The lowest BCUT2D eigenvalue weighted by atomic mass is 9.85. The van der Waals surface area contributed by atoms with Crippen LogP contribution in [0.3, 0.4) is 0 Å². The fourth-order valence-electron chi connectivity index (χ4n) is 6.94. The number of hydrogen-bond donors (Lipinski definition) is 2. The standard InChI is InChI=1S/C35H33F3N2O5/c1-18-23-15-28(38)24(19-6-3-4-7-19)16-30(23)40(2)34(42)31(18)22-11-10-20(25-17-45-13-12-21(22)25)14-29(35(43)44)39-33(41)32-26(36)8-5-9-27(32)37/h5,8-11,15-16,19,29H,3-4,6-7,12-14,17H2,1-2H3,(H,39,41)(H,43,44)/t29-/m0/s1. The first-order chi connectivity index (χ1) is 21.6. The summed E-state index contributed by atoms with van der Waals surface area (Å²) >= 11 is 0. The maximum absolute atomic E-state index is 15.5. The number of aryl methyl sites for hydroxylation is 2. The van der Waals surface area contributed by atoms with Crippen LogP contribution >= 0.6 is 0 Å². The van der Waals surface area contributed by atoms with E-state index in [0.717, 1.165) is 49.4 Å². The molecule has 1 fully saturated rings. The van der Waals surface area contributed by atoms with Crippen LogP contribution in [0.1, 0.15) is 69.8 Å². The van der Waals surface area contributed by atoms with Gasteiger partial charge < -0.3 is 19.7 Å². The molecule has 0 unspecified atom stereocenters. The number of aromatic nitrogens is 1. The van der Waals surface area contributed by atoms with Crippen molar-refractivity contribution in [3.05, 3.63) is 104 Å². The van der Waals surface area contributed by atoms with Crippen molar-refractivity contribution in [3.8, 4) is 11.1 Å². The molecule has 2 heterocycles. The average molecular weight is 619 g/mol. The van der Waals surface area contributed by atoms with Gasteiger partial charge in [-0.25, -0.2) is 18.0 Å². The Hall–Kier alpha value is -4.44. The van der Waals surface area contributed by atoms with Crippen LogP contribution in [0.15, 0.2) is 47.3 Å². The summed E-state index contributed by atoms with van der Waals surface area (Å²) in [5.74, 6) is -4.90. The number of hydrogen-bond acceptors (Lipinski definition) is 4. The smallest absolute Gasteiger partial charge is 0.326 e. The summed E-state index contributed by atoms with van der Waals surface area (Å²) in [6, 6.07) is 8.23. The van der Waals surface area contributed by atoms with E-state index in [9.17, 15) is 28.3 Å². The lowest BCUT2D eigenvalue weighted by molar-refractivity contribution is -0.139. The van der Waals surface area contributed by atoms with E-state index in [2.05, 4.69) is 5.32 Å². The largest absolute Gasteiger partial charge is 0.480 e. The number of rotatable bonds is 7. The van der Waals surface area contributed by atoms with Gasteiger partial charge in [0.05, 0.1) is 24.3 Å². The minimum Gasteiger partial charge on any atom is -0.480 e. The molecule has 0 radical (unpaired) electrons. The third kappa shape index (κ3) is 5.52. The number of pyridine rings is 1. The van der Waals surface area contributed by atoms with Crippen molar-refractivity contribution in [2.24, 2.45) is 7.05 Å². The number of ether oxygens (including phenoxy) is 1. The normalized spacial score (nSPS) is 15.7. The number of carboxylic acid groups (broad SMARTS) is 1. The number of nitrogens with zero attached hydrogens (tertiary/aromatic N) is 1. The first kappa shape index (κ1) is 30.6. The van der Waals surface area contributed by atoms with E-state index in [1.807, 2.05) is 13.0 Å². The molecule has 234 valence electrons. The molecule has 2 aliphatic rings. The van der Waals surface area contributed by atoms with Gasteiger partial charge >= 0.3 is 5.97 Å². The Balaban J connectivity index is 1.40. The monoisotopic (exact) mass is 618 g/mol. The van der Waals surface area contributed by atoms with E-state index in [1.165, 1.54) is 6.07 Å². The molecule has 0 bridgehead atoms. The van der Waals surface area contributed by atoms with Gasteiger partial charge in [0.2, 0.25) is 0 Å². The number of carbonyl (C=O) groups is 2. The van der Waals surface area contributed by atoms with Crippen LogP contribution < -0.4 is 10.9 Å². The molecule has 1 aromatic heterocycles. The number of halogens is 3. The Morgan fingerprint density at radius 2 is 1.76 bits per heavy atom. The van der Waals surface area contributed by atoms with Crippen molar-refractivity contribution in [2.45, 2.75) is 64.0 Å². The van der Waals surface area contributed by atoms with Crippen LogP contribution in [-0.2, 0) is 36.0 Å². The number of benzene rings is 3. The zero-order valence-electron chi connectivity index (χ0n) is 25.0. The highest BCUT2D eigenvalue weighted by molar-refractivity contribution is 5.97. The molecule has 1 saturated carbocycles. The molecule has 1 atom stereocenters. The molecular formula is C35H33F3N2O5. The summed E-state index contributed by atoms with van der Waals surface area (Å²) in [6.07, 6.45) is 4.24. The maximum atomic E-state index is 15.5. The van der Waals surface area contributed by atoms with Gasteiger partial charge in [-0.2, -0.15) is 0 Å². The Labute approximate surface area is 257 Å². The van der Waals surface area contributed by atoms with Crippen molar-refractivity contribution < 1.29 is 32.6 Å². The summed E-state index contributed by atoms with van der Waals surface area (Å²) < 4.78 is 51.1. The summed E-state index contributed by atoms with van der Waals surface area (Å²) in [6.45, 7) is 2.33. The quantitative estimate of drug-likeness (QED) is 0.262. The van der Waals surface area contributed by atoms with E-state index in [1.54, 1.807) is 23.7 Å². The number of carbonyl (C=O) groups excluding carboxylic acids is 1. The third-order valence-corrected chi connectivity index (χ3v) is 9.33. The molecule has 1 amide bonds. The summed E-state index contributed by atoms with van der Waals surface area (Å²) in [4.78, 5) is 38.8. The predicted molar refractivity (Wildman–Crippen MR) is 163 cm³/mol. The highest BCUT2D eigenvalue weighted by Gasteiger charge is 2.29. The van der Waals surface area contributed by atoms with Gasteiger partial charge in [-0.1, -0.05) is 31.0 Å². The first-order valence-electron chi connectivity index (χ1n) is 15.1. The van der Waals surface area contributed by atoms with Crippen molar-refractivity contribution in [2.75, 3.05) is 6.61 Å². The molecule has 3 aromatic carbocycles. The predicted octanol–water partition coefficient (Wildman–Crippen LogP) is 6.09. The number of fused-ring (bicyclic) bond motifs is 2. The van der Waals surface area contributed by atoms with Crippen molar-refractivity contribution >= 4 is 22.8 Å². The molecule has 2 N–H and O–H groups in total. The average Bonchev–Trinajstić information content (AvgIpc) is 3.55. The fraction of sp³-hybridized carbons (Fsp3) is 0.343. The summed E-state index contributed by atoms with van der Waals surface area (Å²) in [5.41, 5.74) is 4.00. The molecule has 10 heteroatoms. The second-order valence-corrected chi connectivity index (χ2v) is 11.9. The molecule has 1 aliphatic heterocycles. The van der Waals surface area contributed by atoms with Gasteiger partial charge in [0.25, 0.3) is 11.5 Å². The highest BCUT2D eigenvalue weighted by Crippen LogP contribution is 2.39. The molecule has 0 saturated heterocycles. The number of amides is 1. The SMILES string of the molecule is Cc1c(-c2ccc(C[C@H](NC(=O)c3c(F)cccc3F)C(=O)O)c3c2CCOC3)c(=O)n(C)c2cc(C3CCCC3)c(F)cc12. The lowest BCUT2D eigenvalue weighted by Crippen LogP contribution is -2.43. The lowest BCUT2D eigenvalue weighted by Gasteiger charge is -2.26.